The molecule has 0 aromatic carbocycles. The molecule has 1 aromatic rings. The van der Waals surface area contributed by atoms with Crippen molar-refractivity contribution in [3.63, 3.8) is 0 Å². The summed E-state index contributed by atoms with van der Waals surface area (Å²) >= 11 is 3.24. The fraction of sp³-hybridized carbons (Fsp3) is 0.417. The lowest BCUT2D eigenvalue weighted by molar-refractivity contribution is -0.143. The second-order valence-corrected chi connectivity index (χ2v) is 5.13. The lowest BCUT2D eigenvalue weighted by Crippen LogP contribution is -2.48. The first-order valence-corrected chi connectivity index (χ1v) is 6.54. The Morgan fingerprint density at radius 3 is 2.78 bits per heavy atom. The molecule has 2 heterocycles. The van der Waals surface area contributed by atoms with Gasteiger partial charge in [0.05, 0.1) is 0 Å². The van der Waals surface area contributed by atoms with Crippen molar-refractivity contribution in [1.29, 1.82) is 0 Å². The molecule has 1 amide bonds. The zero-order valence-corrected chi connectivity index (χ0v) is 11.3. The number of piperidine rings is 1. The first kappa shape index (κ1) is 13.0. The molecule has 6 heteroatoms. The van der Waals surface area contributed by atoms with E-state index in [0.29, 0.717) is 13.0 Å². The largest absolute Gasteiger partial charge is 0.480 e. The van der Waals surface area contributed by atoms with Gasteiger partial charge < -0.3 is 10.0 Å². The number of carbonyl (C=O) groups excluding carboxylic acids is 1. The summed E-state index contributed by atoms with van der Waals surface area (Å²) in [6.07, 6.45) is 3.73. The third-order valence-electron chi connectivity index (χ3n) is 3.00. The van der Waals surface area contributed by atoms with Gasteiger partial charge in [-0.25, -0.2) is 9.78 Å². The van der Waals surface area contributed by atoms with Crippen molar-refractivity contribution < 1.29 is 14.7 Å². The number of hydrogen-bond acceptors (Lipinski definition) is 3. The Bertz CT molecular complexity index is 461. The predicted molar refractivity (Wildman–Crippen MR) is 68.2 cm³/mol. The standard InChI is InChI=1S/C12H13BrN2O3/c13-8-4-5-9(14-7-8)11(16)15-6-2-1-3-10(15)12(17)18/h4-5,7,10H,1-3,6H2,(H,17,18)/t10-/m0/s1. The number of amides is 1. The van der Waals surface area contributed by atoms with E-state index >= 15 is 0 Å². The number of nitrogens with zero attached hydrogens (tertiary/aromatic N) is 2. The minimum atomic E-state index is -0.944. The molecule has 96 valence electrons. The van der Waals surface area contributed by atoms with E-state index in [4.69, 9.17) is 5.11 Å². The highest BCUT2D eigenvalue weighted by atomic mass is 79.9. The molecular formula is C12H13BrN2O3. The third kappa shape index (κ3) is 2.69. The topological polar surface area (TPSA) is 70.5 Å². The zero-order chi connectivity index (χ0) is 13.1. The number of halogens is 1. The summed E-state index contributed by atoms with van der Waals surface area (Å²) in [5, 5.41) is 9.13. The summed E-state index contributed by atoms with van der Waals surface area (Å²) in [6.45, 7) is 0.480. The number of carboxylic acid groups (broad SMARTS) is 1. The molecule has 1 saturated heterocycles. The van der Waals surface area contributed by atoms with E-state index in [9.17, 15) is 9.59 Å². The predicted octanol–water partition coefficient (Wildman–Crippen LogP) is 1.92. The van der Waals surface area contributed by atoms with E-state index in [0.717, 1.165) is 17.3 Å². The van der Waals surface area contributed by atoms with Gasteiger partial charge in [-0.05, 0) is 47.3 Å². The van der Waals surface area contributed by atoms with Crippen LogP contribution in [0, 0.1) is 0 Å². The lowest BCUT2D eigenvalue weighted by atomic mass is 10.0. The maximum Gasteiger partial charge on any atom is 0.326 e. The summed E-state index contributed by atoms with van der Waals surface area (Å²) in [6, 6.07) is 2.59. The van der Waals surface area contributed by atoms with Gasteiger partial charge in [-0.2, -0.15) is 0 Å². The maximum atomic E-state index is 12.2. The molecule has 5 nitrogen and oxygen atoms in total. The quantitative estimate of drug-likeness (QED) is 0.905. The first-order chi connectivity index (χ1) is 8.59. The SMILES string of the molecule is O=C(O)[C@@H]1CCCCN1C(=O)c1ccc(Br)cn1. The highest BCUT2D eigenvalue weighted by Crippen LogP contribution is 2.19. The van der Waals surface area contributed by atoms with Crippen molar-refractivity contribution in [3.8, 4) is 0 Å². The van der Waals surface area contributed by atoms with Crippen LogP contribution in [-0.4, -0.2) is 39.5 Å². The number of rotatable bonds is 2. The Morgan fingerprint density at radius 1 is 1.39 bits per heavy atom. The number of aliphatic carboxylic acids is 1. The van der Waals surface area contributed by atoms with Crippen molar-refractivity contribution in [1.82, 2.24) is 9.88 Å². The second kappa shape index (κ2) is 5.48. The highest BCUT2D eigenvalue weighted by molar-refractivity contribution is 9.10. The van der Waals surface area contributed by atoms with Crippen molar-refractivity contribution in [3.05, 3.63) is 28.5 Å². The average Bonchev–Trinajstić information content (AvgIpc) is 2.39. The molecule has 1 atom stereocenters. The Hall–Kier alpha value is -1.43. The van der Waals surface area contributed by atoms with Gasteiger partial charge in [0.1, 0.15) is 11.7 Å². The smallest absolute Gasteiger partial charge is 0.326 e. The summed E-state index contributed by atoms with van der Waals surface area (Å²) in [4.78, 5) is 28.8. The number of likely N-dealkylation sites (tertiary alicyclic amines) is 1. The molecule has 1 N–H and O–H groups in total. The molecular weight excluding hydrogens is 300 g/mol. The fourth-order valence-corrected chi connectivity index (χ4v) is 2.32. The molecule has 0 bridgehead atoms. The Morgan fingerprint density at radius 2 is 2.17 bits per heavy atom. The van der Waals surface area contributed by atoms with Gasteiger partial charge in [-0.1, -0.05) is 0 Å². The van der Waals surface area contributed by atoms with Gasteiger partial charge in [-0.15, -0.1) is 0 Å². The fourth-order valence-electron chi connectivity index (χ4n) is 2.08. The van der Waals surface area contributed by atoms with Crippen LogP contribution in [0.25, 0.3) is 0 Å². The Balaban J connectivity index is 2.20. The van der Waals surface area contributed by atoms with Gasteiger partial charge in [0, 0.05) is 17.2 Å². The van der Waals surface area contributed by atoms with Crippen molar-refractivity contribution >= 4 is 27.8 Å². The molecule has 0 spiro atoms. The second-order valence-electron chi connectivity index (χ2n) is 4.21. The number of carboxylic acids is 1. The van der Waals surface area contributed by atoms with Gasteiger partial charge in [0.25, 0.3) is 5.91 Å². The van der Waals surface area contributed by atoms with E-state index < -0.39 is 12.0 Å². The molecule has 18 heavy (non-hydrogen) atoms. The maximum absolute atomic E-state index is 12.2. The van der Waals surface area contributed by atoms with Crippen LogP contribution in [0.3, 0.4) is 0 Å². The summed E-state index contributed by atoms with van der Waals surface area (Å²) in [5.74, 6) is -1.25. The van der Waals surface area contributed by atoms with Crippen LogP contribution >= 0.6 is 15.9 Å². The number of aromatic nitrogens is 1. The molecule has 1 aliphatic rings. The highest BCUT2D eigenvalue weighted by Gasteiger charge is 2.32. The Kier molecular flexibility index (Phi) is 3.96. The van der Waals surface area contributed by atoms with Crippen LogP contribution in [0.1, 0.15) is 29.8 Å². The summed E-state index contributed by atoms with van der Waals surface area (Å²) in [5.41, 5.74) is 0.284. The Labute approximate surface area is 113 Å². The molecule has 1 aromatic heterocycles. The summed E-state index contributed by atoms with van der Waals surface area (Å²) < 4.78 is 0.785. The van der Waals surface area contributed by atoms with Gasteiger partial charge in [0.2, 0.25) is 0 Å². The zero-order valence-electron chi connectivity index (χ0n) is 9.67. The van der Waals surface area contributed by atoms with Gasteiger partial charge in [0.15, 0.2) is 0 Å². The first-order valence-electron chi connectivity index (χ1n) is 5.75. The molecule has 0 radical (unpaired) electrons. The number of carbonyl (C=O) groups is 2. The molecule has 1 fully saturated rings. The van der Waals surface area contributed by atoms with Crippen LogP contribution < -0.4 is 0 Å². The van der Waals surface area contributed by atoms with Crippen molar-refractivity contribution in [2.24, 2.45) is 0 Å². The molecule has 0 saturated carbocycles. The number of pyridine rings is 1. The molecule has 0 unspecified atom stereocenters. The normalized spacial score (nSPS) is 19.6. The monoisotopic (exact) mass is 312 g/mol. The van der Waals surface area contributed by atoms with E-state index in [1.807, 2.05) is 0 Å². The minimum absolute atomic E-state index is 0.284. The van der Waals surface area contributed by atoms with Gasteiger partial charge in [-0.3, -0.25) is 4.79 Å². The summed E-state index contributed by atoms with van der Waals surface area (Å²) in [7, 11) is 0. The van der Waals surface area contributed by atoms with E-state index in [-0.39, 0.29) is 11.6 Å². The van der Waals surface area contributed by atoms with Crippen LogP contribution in [0.5, 0.6) is 0 Å². The van der Waals surface area contributed by atoms with Crippen LogP contribution in [0.15, 0.2) is 22.8 Å². The minimum Gasteiger partial charge on any atom is -0.480 e. The third-order valence-corrected chi connectivity index (χ3v) is 3.46. The van der Waals surface area contributed by atoms with Crippen LogP contribution in [0.4, 0.5) is 0 Å². The van der Waals surface area contributed by atoms with E-state index in [1.54, 1.807) is 12.1 Å². The molecule has 0 aliphatic carbocycles. The lowest BCUT2D eigenvalue weighted by Gasteiger charge is -2.32. The average molecular weight is 313 g/mol. The number of hydrogen-bond donors (Lipinski definition) is 1. The molecule has 2 rings (SSSR count). The van der Waals surface area contributed by atoms with E-state index in [2.05, 4.69) is 20.9 Å². The molecule has 1 aliphatic heterocycles. The van der Waals surface area contributed by atoms with Crippen molar-refractivity contribution in [2.45, 2.75) is 25.3 Å². The van der Waals surface area contributed by atoms with Gasteiger partial charge >= 0.3 is 5.97 Å². The van der Waals surface area contributed by atoms with Crippen molar-refractivity contribution in [2.75, 3.05) is 6.54 Å². The van der Waals surface area contributed by atoms with E-state index in [1.165, 1.54) is 11.1 Å². The van der Waals surface area contributed by atoms with Crippen LogP contribution in [-0.2, 0) is 4.79 Å². The van der Waals surface area contributed by atoms with Crippen LogP contribution in [0.2, 0.25) is 0 Å².